The molecule has 2 aliphatic rings. The van der Waals surface area contributed by atoms with E-state index in [1.165, 1.54) is 5.56 Å². The van der Waals surface area contributed by atoms with Crippen molar-refractivity contribution in [3.8, 4) is 17.4 Å². The predicted octanol–water partition coefficient (Wildman–Crippen LogP) is 4.98. The summed E-state index contributed by atoms with van der Waals surface area (Å²) in [6, 6.07) is 9.65. The van der Waals surface area contributed by atoms with Gasteiger partial charge in [0.25, 0.3) is 11.8 Å². The van der Waals surface area contributed by atoms with E-state index in [1.807, 2.05) is 18.2 Å². The van der Waals surface area contributed by atoms with Crippen molar-refractivity contribution in [2.24, 2.45) is 0 Å². The topological polar surface area (TPSA) is 101 Å². The van der Waals surface area contributed by atoms with Crippen molar-refractivity contribution in [1.29, 1.82) is 0 Å². The summed E-state index contributed by atoms with van der Waals surface area (Å²) in [6.07, 6.45) is 4.31. The molecule has 0 spiro atoms. The zero-order valence-corrected chi connectivity index (χ0v) is 20.6. The number of pyridine rings is 1. The molecule has 1 aliphatic heterocycles. The van der Waals surface area contributed by atoms with Gasteiger partial charge in [-0.2, -0.15) is 0 Å². The third-order valence-corrected chi connectivity index (χ3v) is 7.64. The lowest BCUT2D eigenvalue weighted by Gasteiger charge is -2.29. The van der Waals surface area contributed by atoms with Gasteiger partial charge in [-0.15, -0.1) is 11.8 Å². The van der Waals surface area contributed by atoms with Gasteiger partial charge in [0.1, 0.15) is 28.7 Å². The van der Waals surface area contributed by atoms with Crippen molar-refractivity contribution >= 4 is 23.6 Å². The molecular weight excluding hydrogens is 500 g/mol. The largest absolute Gasteiger partial charge is 0.507 e. The standard InChI is InChI=1S/C27H25F2N3O4S/c28-16-2-8-23(33)21(11-16)25(34)31-18-3-5-19(6-4-18)32-26(35)22-12-17(29)14-30-27(22)36-20-7-1-15-9-10-37-24(15)13-20/h1-2,7-8,11-14,18-19,33H,3-6,9-10H2,(H,31,34)(H,32,35). The van der Waals surface area contributed by atoms with Crippen molar-refractivity contribution in [3.05, 3.63) is 77.0 Å². The Morgan fingerprint density at radius 2 is 1.59 bits per heavy atom. The van der Waals surface area contributed by atoms with Crippen LogP contribution in [-0.4, -0.2) is 39.7 Å². The van der Waals surface area contributed by atoms with Gasteiger partial charge in [0.05, 0.1) is 11.8 Å². The molecule has 37 heavy (non-hydrogen) atoms. The summed E-state index contributed by atoms with van der Waals surface area (Å²) < 4.78 is 33.3. The van der Waals surface area contributed by atoms with E-state index in [-0.39, 0.29) is 34.8 Å². The number of phenols is 1. The van der Waals surface area contributed by atoms with Crippen LogP contribution < -0.4 is 15.4 Å². The first-order chi connectivity index (χ1) is 17.9. The maximum atomic E-state index is 14.0. The third-order valence-electron chi connectivity index (χ3n) is 6.55. The second-order valence-corrected chi connectivity index (χ2v) is 10.3. The summed E-state index contributed by atoms with van der Waals surface area (Å²) in [6.45, 7) is 0. The van der Waals surface area contributed by atoms with E-state index in [0.717, 1.165) is 47.5 Å². The molecule has 0 bridgehead atoms. The number of ether oxygens (including phenoxy) is 1. The van der Waals surface area contributed by atoms with Gasteiger partial charge in [0, 0.05) is 22.7 Å². The summed E-state index contributed by atoms with van der Waals surface area (Å²) in [7, 11) is 0. The summed E-state index contributed by atoms with van der Waals surface area (Å²) in [5.41, 5.74) is 1.13. The highest BCUT2D eigenvalue weighted by molar-refractivity contribution is 7.99. The van der Waals surface area contributed by atoms with Crippen molar-refractivity contribution in [3.63, 3.8) is 0 Å². The highest BCUT2D eigenvalue weighted by Gasteiger charge is 2.26. The second kappa shape index (κ2) is 10.8. The summed E-state index contributed by atoms with van der Waals surface area (Å²) in [5, 5.41) is 15.6. The van der Waals surface area contributed by atoms with Gasteiger partial charge < -0.3 is 20.5 Å². The van der Waals surface area contributed by atoms with E-state index in [4.69, 9.17) is 4.74 Å². The highest BCUT2D eigenvalue weighted by Crippen LogP contribution is 2.35. The molecule has 10 heteroatoms. The van der Waals surface area contributed by atoms with Crippen LogP contribution in [0.5, 0.6) is 17.4 Å². The molecule has 1 fully saturated rings. The summed E-state index contributed by atoms with van der Waals surface area (Å²) in [4.78, 5) is 30.6. The Labute approximate surface area is 216 Å². The fraction of sp³-hybridized carbons (Fsp3) is 0.296. The van der Waals surface area contributed by atoms with Gasteiger partial charge in [-0.3, -0.25) is 9.59 Å². The number of thioether (sulfide) groups is 1. The van der Waals surface area contributed by atoms with Gasteiger partial charge in [-0.05, 0) is 74.1 Å². The number of nitrogens with one attached hydrogen (secondary N) is 2. The SMILES string of the molecule is O=C(NC1CCC(NC(=O)c2cc(F)cnc2Oc2ccc3c(c2)SCC3)CC1)c1cc(F)ccc1O. The molecule has 3 aromatic rings. The lowest BCUT2D eigenvalue weighted by Crippen LogP contribution is -2.44. The molecule has 2 heterocycles. The average molecular weight is 526 g/mol. The van der Waals surface area contributed by atoms with E-state index in [2.05, 4.69) is 15.6 Å². The molecule has 7 nitrogen and oxygen atoms in total. The first-order valence-electron chi connectivity index (χ1n) is 12.0. The number of rotatable bonds is 6. The van der Waals surface area contributed by atoms with E-state index in [0.29, 0.717) is 31.4 Å². The van der Waals surface area contributed by atoms with Crippen LogP contribution in [0.25, 0.3) is 0 Å². The van der Waals surface area contributed by atoms with Crippen LogP contribution in [0.4, 0.5) is 8.78 Å². The van der Waals surface area contributed by atoms with Crippen LogP contribution in [0.1, 0.15) is 52.0 Å². The summed E-state index contributed by atoms with van der Waals surface area (Å²) in [5.74, 6) is -1.02. The minimum absolute atomic E-state index is 0.00478. The zero-order valence-electron chi connectivity index (χ0n) is 19.8. The number of hydrogen-bond donors (Lipinski definition) is 3. The minimum Gasteiger partial charge on any atom is -0.507 e. The molecule has 0 radical (unpaired) electrons. The monoisotopic (exact) mass is 525 g/mol. The Hall–Kier alpha value is -3.66. The number of aryl methyl sites for hydroxylation is 1. The van der Waals surface area contributed by atoms with E-state index in [1.54, 1.807) is 11.8 Å². The number of nitrogens with zero attached hydrogens (tertiary/aromatic N) is 1. The van der Waals surface area contributed by atoms with Gasteiger partial charge in [0.2, 0.25) is 5.88 Å². The third kappa shape index (κ3) is 5.85. The normalized spacial score (nSPS) is 18.6. The Morgan fingerprint density at radius 1 is 0.919 bits per heavy atom. The van der Waals surface area contributed by atoms with E-state index < -0.39 is 23.4 Å². The molecule has 2 aromatic carbocycles. The molecule has 5 rings (SSSR count). The number of aromatic hydroxyl groups is 1. The van der Waals surface area contributed by atoms with Crippen molar-refractivity contribution < 1.29 is 28.2 Å². The lowest BCUT2D eigenvalue weighted by molar-refractivity contribution is 0.0888. The summed E-state index contributed by atoms with van der Waals surface area (Å²) >= 11 is 1.74. The van der Waals surface area contributed by atoms with E-state index >= 15 is 0 Å². The van der Waals surface area contributed by atoms with Gasteiger partial charge >= 0.3 is 0 Å². The maximum Gasteiger partial charge on any atom is 0.257 e. The first kappa shape index (κ1) is 25.0. The highest BCUT2D eigenvalue weighted by atomic mass is 32.2. The number of carbonyl (C=O) groups excluding carboxylic acids is 2. The van der Waals surface area contributed by atoms with Crippen molar-refractivity contribution in [2.45, 2.75) is 49.1 Å². The number of benzene rings is 2. The number of halogens is 2. The number of fused-ring (bicyclic) bond motifs is 1. The fourth-order valence-electron chi connectivity index (χ4n) is 4.59. The number of carbonyl (C=O) groups is 2. The lowest BCUT2D eigenvalue weighted by atomic mass is 9.90. The van der Waals surface area contributed by atoms with Crippen LogP contribution in [0.2, 0.25) is 0 Å². The molecule has 0 atom stereocenters. The molecule has 1 aliphatic carbocycles. The molecule has 192 valence electrons. The predicted molar refractivity (Wildman–Crippen MR) is 134 cm³/mol. The minimum atomic E-state index is -0.644. The van der Waals surface area contributed by atoms with Crippen LogP contribution in [0.15, 0.2) is 53.6 Å². The number of hydrogen-bond acceptors (Lipinski definition) is 6. The van der Waals surface area contributed by atoms with Gasteiger partial charge in [-0.1, -0.05) is 6.07 Å². The molecular formula is C27H25F2N3O4S. The zero-order chi connectivity index (χ0) is 25.9. The molecule has 1 aromatic heterocycles. The first-order valence-corrected chi connectivity index (χ1v) is 13.0. The van der Waals surface area contributed by atoms with Gasteiger partial charge in [-0.25, -0.2) is 13.8 Å². The number of amides is 2. The quantitative estimate of drug-likeness (QED) is 0.420. The molecule has 0 saturated heterocycles. The molecule has 3 N–H and O–H groups in total. The number of aromatic nitrogens is 1. The second-order valence-electron chi connectivity index (χ2n) is 9.13. The molecule has 2 amide bonds. The van der Waals surface area contributed by atoms with E-state index in [9.17, 15) is 23.5 Å². The van der Waals surface area contributed by atoms with Crippen molar-refractivity contribution in [2.75, 3.05) is 5.75 Å². The Morgan fingerprint density at radius 3 is 2.32 bits per heavy atom. The van der Waals surface area contributed by atoms with Crippen LogP contribution in [-0.2, 0) is 6.42 Å². The van der Waals surface area contributed by atoms with Crippen LogP contribution >= 0.6 is 11.8 Å². The van der Waals surface area contributed by atoms with Crippen LogP contribution in [0.3, 0.4) is 0 Å². The molecule has 0 unspecified atom stereocenters. The molecule has 1 saturated carbocycles. The Bertz CT molecular complexity index is 1350. The van der Waals surface area contributed by atoms with Gasteiger partial charge in [0.15, 0.2) is 0 Å². The fourth-order valence-corrected chi connectivity index (χ4v) is 5.69. The number of phenolic OH excluding ortho intramolecular Hbond substituents is 1. The smallest absolute Gasteiger partial charge is 0.257 e. The average Bonchev–Trinajstić information content (AvgIpc) is 3.35. The van der Waals surface area contributed by atoms with Crippen LogP contribution in [0, 0.1) is 11.6 Å². The maximum absolute atomic E-state index is 14.0. The Kier molecular flexibility index (Phi) is 7.27. The Balaban J connectivity index is 1.19. The van der Waals surface area contributed by atoms with Crippen molar-refractivity contribution in [1.82, 2.24) is 15.6 Å².